The zero-order valence-corrected chi connectivity index (χ0v) is 10.9. The molecule has 6 nitrogen and oxygen atoms in total. The van der Waals surface area contributed by atoms with Crippen LogP contribution in [0.4, 0.5) is 11.4 Å². The number of nitrogens with one attached hydrogen (secondary N) is 2. The fourth-order valence-electron chi connectivity index (χ4n) is 1.78. The second-order valence-corrected chi connectivity index (χ2v) is 4.14. The average Bonchev–Trinajstić information content (AvgIpc) is 2.49. The maximum Gasteiger partial charge on any atom is 0.336 e. The zero-order valence-electron chi connectivity index (χ0n) is 10.9. The molecule has 2 amide bonds. The number of amides is 2. The molecule has 0 aromatic heterocycles. The number of benzene rings is 2. The number of anilines is 2. The van der Waals surface area contributed by atoms with Crippen LogP contribution in [-0.2, 0) is 4.79 Å². The Hall–Kier alpha value is -3.15. The second-order valence-electron chi connectivity index (χ2n) is 4.14. The van der Waals surface area contributed by atoms with Crippen LogP contribution in [0.15, 0.2) is 48.5 Å². The van der Waals surface area contributed by atoms with Crippen LogP contribution in [0.3, 0.4) is 0 Å². The van der Waals surface area contributed by atoms with E-state index < -0.39 is 11.9 Å². The molecule has 3 N–H and O–H groups in total. The Morgan fingerprint density at radius 3 is 2.05 bits per heavy atom. The van der Waals surface area contributed by atoms with Gasteiger partial charge in [0.15, 0.2) is 0 Å². The van der Waals surface area contributed by atoms with Crippen LogP contribution in [-0.4, -0.2) is 23.4 Å². The average molecular weight is 284 g/mol. The molecule has 0 aliphatic carbocycles. The van der Waals surface area contributed by atoms with E-state index in [1.807, 2.05) is 0 Å². The van der Waals surface area contributed by atoms with Gasteiger partial charge in [0.25, 0.3) is 5.91 Å². The van der Waals surface area contributed by atoms with Crippen molar-refractivity contribution in [3.05, 3.63) is 59.7 Å². The predicted octanol–water partition coefficient (Wildman–Crippen LogP) is 2.21. The van der Waals surface area contributed by atoms with Crippen molar-refractivity contribution < 1.29 is 19.5 Å². The van der Waals surface area contributed by atoms with Crippen LogP contribution in [0.5, 0.6) is 0 Å². The van der Waals surface area contributed by atoms with Gasteiger partial charge >= 0.3 is 5.97 Å². The minimum Gasteiger partial charge on any atom is -0.478 e. The number of carbonyl (C=O) groups excluding carboxylic acids is 2. The Morgan fingerprint density at radius 2 is 1.48 bits per heavy atom. The molecule has 0 spiro atoms. The van der Waals surface area contributed by atoms with Crippen molar-refractivity contribution in [1.82, 2.24) is 0 Å². The molecule has 0 saturated heterocycles. The summed E-state index contributed by atoms with van der Waals surface area (Å²) in [6, 6.07) is 12.4. The van der Waals surface area contributed by atoms with Gasteiger partial charge in [-0.1, -0.05) is 12.1 Å². The molecule has 0 aliphatic heterocycles. The summed E-state index contributed by atoms with van der Waals surface area (Å²) in [7, 11) is 0. The Morgan fingerprint density at radius 1 is 0.905 bits per heavy atom. The van der Waals surface area contributed by atoms with E-state index in [2.05, 4.69) is 10.6 Å². The van der Waals surface area contributed by atoms with Crippen LogP contribution in [0.25, 0.3) is 0 Å². The van der Waals surface area contributed by atoms with Gasteiger partial charge in [-0.15, -0.1) is 0 Å². The summed E-state index contributed by atoms with van der Waals surface area (Å²) in [5, 5.41) is 14.1. The molecule has 0 saturated carbocycles. The highest BCUT2D eigenvalue weighted by Crippen LogP contribution is 2.15. The molecule has 21 heavy (non-hydrogen) atoms. The predicted molar refractivity (Wildman–Crippen MR) is 77.5 cm³/mol. The zero-order chi connectivity index (χ0) is 15.2. The molecular weight excluding hydrogens is 272 g/mol. The summed E-state index contributed by atoms with van der Waals surface area (Å²) in [5.74, 6) is -1.67. The standard InChI is InChI=1S/C15H12N2O4/c18-9-16-10-5-7-11(8-6-10)17-14(19)12-3-1-2-4-13(12)15(20)21/h1-9H,(H,16,18)(H,17,19)(H,20,21). The Balaban J connectivity index is 2.18. The fourth-order valence-corrected chi connectivity index (χ4v) is 1.78. The maximum atomic E-state index is 12.1. The van der Waals surface area contributed by atoms with Crippen molar-refractivity contribution in [1.29, 1.82) is 0 Å². The number of hydrogen-bond acceptors (Lipinski definition) is 3. The van der Waals surface area contributed by atoms with Gasteiger partial charge in [-0.2, -0.15) is 0 Å². The van der Waals surface area contributed by atoms with Gasteiger partial charge in [-0.3, -0.25) is 9.59 Å². The fraction of sp³-hybridized carbons (Fsp3) is 0. The highest BCUT2D eigenvalue weighted by Gasteiger charge is 2.15. The largest absolute Gasteiger partial charge is 0.478 e. The Bertz CT molecular complexity index is 680. The van der Waals surface area contributed by atoms with Gasteiger partial charge in [-0.25, -0.2) is 4.79 Å². The van der Waals surface area contributed by atoms with Gasteiger partial charge < -0.3 is 15.7 Å². The Kier molecular flexibility index (Phi) is 4.30. The molecule has 0 atom stereocenters. The lowest BCUT2D eigenvalue weighted by Gasteiger charge is -2.08. The molecule has 0 heterocycles. The van der Waals surface area contributed by atoms with Crippen molar-refractivity contribution in [3.8, 4) is 0 Å². The van der Waals surface area contributed by atoms with Crippen LogP contribution in [0.2, 0.25) is 0 Å². The smallest absolute Gasteiger partial charge is 0.336 e. The third-order valence-electron chi connectivity index (χ3n) is 2.77. The molecule has 2 aromatic carbocycles. The number of rotatable bonds is 5. The number of carboxylic acids is 1. The monoisotopic (exact) mass is 284 g/mol. The molecule has 0 fully saturated rings. The molecular formula is C15H12N2O4. The van der Waals surface area contributed by atoms with Crippen molar-refractivity contribution in [2.24, 2.45) is 0 Å². The topological polar surface area (TPSA) is 95.5 Å². The lowest BCUT2D eigenvalue weighted by atomic mass is 10.1. The van der Waals surface area contributed by atoms with Crippen molar-refractivity contribution in [2.45, 2.75) is 0 Å². The summed E-state index contributed by atoms with van der Waals surface area (Å²) < 4.78 is 0. The third kappa shape index (κ3) is 3.44. The van der Waals surface area contributed by atoms with Crippen LogP contribution < -0.4 is 10.6 Å². The highest BCUT2D eigenvalue weighted by molar-refractivity contribution is 6.10. The van der Waals surface area contributed by atoms with Crippen molar-refractivity contribution in [2.75, 3.05) is 10.6 Å². The molecule has 2 rings (SSSR count). The summed E-state index contributed by atoms with van der Waals surface area (Å²) >= 11 is 0. The Labute approximate surface area is 120 Å². The van der Waals surface area contributed by atoms with E-state index in [1.165, 1.54) is 12.1 Å². The second kappa shape index (κ2) is 6.33. The number of hydrogen-bond donors (Lipinski definition) is 3. The maximum absolute atomic E-state index is 12.1. The molecule has 106 valence electrons. The first-order valence-corrected chi connectivity index (χ1v) is 6.05. The molecule has 6 heteroatoms. The number of carbonyl (C=O) groups is 3. The lowest BCUT2D eigenvalue weighted by molar-refractivity contribution is -0.105. The first-order valence-electron chi connectivity index (χ1n) is 6.05. The first kappa shape index (κ1) is 14.3. The summed E-state index contributed by atoms with van der Waals surface area (Å²) in [6.45, 7) is 0. The number of carboxylic acid groups (broad SMARTS) is 1. The van der Waals surface area contributed by atoms with E-state index in [9.17, 15) is 14.4 Å². The first-order chi connectivity index (χ1) is 10.1. The minimum absolute atomic E-state index is 0.0609. The van der Waals surface area contributed by atoms with Crippen LogP contribution >= 0.6 is 0 Å². The normalized spacial score (nSPS) is 9.71. The molecule has 0 bridgehead atoms. The van der Waals surface area contributed by atoms with Gasteiger partial charge in [0.05, 0.1) is 11.1 Å². The molecule has 2 aromatic rings. The molecule has 0 aliphatic rings. The van der Waals surface area contributed by atoms with Gasteiger partial charge in [0.1, 0.15) is 0 Å². The van der Waals surface area contributed by atoms with E-state index in [4.69, 9.17) is 5.11 Å². The van der Waals surface area contributed by atoms with E-state index >= 15 is 0 Å². The molecule has 0 radical (unpaired) electrons. The molecule has 0 unspecified atom stereocenters. The minimum atomic E-state index is -1.16. The van der Waals surface area contributed by atoms with E-state index in [-0.39, 0.29) is 11.1 Å². The highest BCUT2D eigenvalue weighted by atomic mass is 16.4. The SMILES string of the molecule is O=CNc1ccc(NC(=O)c2ccccc2C(=O)O)cc1. The summed E-state index contributed by atoms with van der Waals surface area (Å²) in [6.07, 6.45) is 0.552. The number of aromatic carboxylic acids is 1. The quantitative estimate of drug-likeness (QED) is 0.733. The van der Waals surface area contributed by atoms with Crippen molar-refractivity contribution in [3.63, 3.8) is 0 Å². The van der Waals surface area contributed by atoms with E-state index in [1.54, 1.807) is 36.4 Å². The van der Waals surface area contributed by atoms with Crippen LogP contribution in [0, 0.1) is 0 Å². The van der Waals surface area contributed by atoms with Crippen LogP contribution in [0.1, 0.15) is 20.7 Å². The lowest BCUT2D eigenvalue weighted by Crippen LogP contribution is -2.16. The third-order valence-corrected chi connectivity index (χ3v) is 2.77. The van der Waals surface area contributed by atoms with Gasteiger partial charge in [-0.05, 0) is 36.4 Å². The van der Waals surface area contributed by atoms with Gasteiger partial charge in [0, 0.05) is 11.4 Å². The van der Waals surface area contributed by atoms with Crippen molar-refractivity contribution >= 4 is 29.7 Å². The van der Waals surface area contributed by atoms with Gasteiger partial charge in [0.2, 0.25) is 6.41 Å². The summed E-state index contributed by atoms with van der Waals surface area (Å²) in [4.78, 5) is 33.5. The van der Waals surface area contributed by atoms with E-state index in [0.717, 1.165) is 0 Å². The summed E-state index contributed by atoms with van der Waals surface area (Å²) in [5.41, 5.74) is 1.11. The van der Waals surface area contributed by atoms with E-state index in [0.29, 0.717) is 17.8 Å².